The molecule has 1 aliphatic rings. The molecule has 1 aromatic carbocycles. The van der Waals surface area contributed by atoms with E-state index in [9.17, 15) is 0 Å². The van der Waals surface area contributed by atoms with Gasteiger partial charge in [-0.3, -0.25) is 0 Å². The lowest BCUT2D eigenvalue weighted by Gasteiger charge is -2.27. The monoisotopic (exact) mass is 276 g/mol. The minimum absolute atomic E-state index is 1.21. The molecule has 1 aromatic rings. The van der Waals surface area contributed by atoms with E-state index in [-0.39, 0.29) is 0 Å². The molecule has 1 aliphatic carbocycles. The maximum absolute atomic E-state index is 2.49. The molecule has 2 rings (SSSR count). The molecular formula is C16H24SSi. The summed E-state index contributed by atoms with van der Waals surface area (Å²) in [6.07, 6.45) is 6.93. The standard InChI is InChI=1S/C16H24SSi/c1-18(2,3)16(14-10-6-4-7-11-14)17-15-12-8-5-9-13-15/h5,8-9,12-13H,4,6-7,10-11H2,1-3H3. The maximum atomic E-state index is 2.49. The number of thioether (sulfide) groups is 1. The number of benzene rings is 1. The zero-order valence-electron chi connectivity index (χ0n) is 11.8. The number of allylic oxidation sites excluding steroid dienone is 1. The first-order valence-corrected chi connectivity index (χ1v) is 11.3. The van der Waals surface area contributed by atoms with Crippen molar-refractivity contribution >= 4 is 19.8 Å². The van der Waals surface area contributed by atoms with Crippen LogP contribution in [0.4, 0.5) is 0 Å². The highest BCUT2D eigenvalue weighted by atomic mass is 32.2. The molecule has 2 heteroatoms. The van der Waals surface area contributed by atoms with Crippen molar-refractivity contribution in [3.8, 4) is 0 Å². The van der Waals surface area contributed by atoms with E-state index in [2.05, 4.69) is 50.0 Å². The third-order valence-corrected chi connectivity index (χ3v) is 8.28. The van der Waals surface area contributed by atoms with Gasteiger partial charge in [-0.15, -0.1) is 0 Å². The normalized spacial score (nSPS) is 16.7. The zero-order valence-corrected chi connectivity index (χ0v) is 13.6. The van der Waals surface area contributed by atoms with E-state index in [0.29, 0.717) is 0 Å². The summed E-state index contributed by atoms with van der Waals surface area (Å²) in [5, 5.41) is 0. The molecule has 18 heavy (non-hydrogen) atoms. The fraction of sp³-hybridized carbons (Fsp3) is 0.500. The maximum Gasteiger partial charge on any atom is 0.0861 e. The molecule has 0 saturated heterocycles. The Morgan fingerprint density at radius 2 is 1.56 bits per heavy atom. The Kier molecular flexibility index (Phi) is 4.74. The van der Waals surface area contributed by atoms with Gasteiger partial charge in [0, 0.05) is 4.90 Å². The van der Waals surface area contributed by atoms with Gasteiger partial charge in [0.25, 0.3) is 0 Å². The highest BCUT2D eigenvalue weighted by Crippen LogP contribution is 2.40. The highest BCUT2D eigenvalue weighted by molar-refractivity contribution is 8.05. The van der Waals surface area contributed by atoms with Gasteiger partial charge in [-0.1, -0.05) is 61.6 Å². The average Bonchev–Trinajstić information content (AvgIpc) is 2.37. The van der Waals surface area contributed by atoms with Crippen molar-refractivity contribution in [2.45, 2.75) is 56.6 Å². The van der Waals surface area contributed by atoms with Crippen molar-refractivity contribution in [1.29, 1.82) is 0 Å². The molecule has 1 fully saturated rings. The molecule has 0 heterocycles. The van der Waals surface area contributed by atoms with Crippen LogP contribution in [0.3, 0.4) is 0 Å². The predicted molar refractivity (Wildman–Crippen MR) is 85.8 cm³/mol. The summed E-state index contributed by atoms with van der Waals surface area (Å²) in [5.41, 5.74) is 1.77. The predicted octanol–water partition coefficient (Wildman–Crippen LogP) is 5.87. The summed E-state index contributed by atoms with van der Waals surface area (Å²) in [7, 11) is -1.21. The Morgan fingerprint density at radius 3 is 2.11 bits per heavy atom. The molecular weight excluding hydrogens is 252 g/mol. The quantitative estimate of drug-likeness (QED) is 0.491. The molecule has 0 radical (unpaired) electrons. The molecule has 0 amide bonds. The van der Waals surface area contributed by atoms with E-state index in [4.69, 9.17) is 0 Å². The largest absolute Gasteiger partial charge is 0.0992 e. The third-order valence-electron chi connectivity index (χ3n) is 3.42. The van der Waals surface area contributed by atoms with Crippen molar-refractivity contribution in [2.75, 3.05) is 0 Å². The van der Waals surface area contributed by atoms with Crippen LogP contribution in [-0.2, 0) is 0 Å². The molecule has 1 saturated carbocycles. The van der Waals surface area contributed by atoms with Crippen LogP contribution < -0.4 is 0 Å². The van der Waals surface area contributed by atoms with Crippen molar-refractivity contribution in [1.82, 2.24) is 0 Å². The van der Waals surface area contributed by atoms with Crippen LogP contribution in [0, 0.1) is 0 Å². The molecule has 0 bridgehead atoms. The topological polar surface area (TPSA) is 0 Å². The van der Waals surface area contributed by atoms with Gasteiger partial charge in [0.15, 0.2) is 0 Å². The van der Waals surface area contributed by atoms with Gasteiger partial charge in [-0.05, 0) is 42.3 Å². The molecule has 0 aliphatic heterocycles. The summed E-state index contributed by atoms with van der Waals surface area (Å²) in [4.78, 5) is 1.41. The van der Waals surface area contributed by atoms with Crippen LogP contribution in [0.1, 0.15) is 32.1 Å². The van der Waals surface area contributed by atoms with E-state index in [0.717, 1.165) is 0 Å². The first kappa shape index (κ1) is 13.9. The van der Waals surface area contributed by atoms with Crippen molar-refractivity contribution in [3.05, 3.63) is 40.4 Å². The van der Waals surface area contributed by atoms with Gasteiger partial charge in [0.2, 0.25) is 0 Å². The second kappa shape index (κ2) is 6.11. The Balaban J connectivity index is 2.26. The molecule has 0 nitrogen and oxygen atoms in total. The SMILES string of the molecule is C[Si](C)(C)C(Sc1ccccc1)=C1CCCCC1. The van der Waals surface area contributed by atoms with E-state index in [1.165, 1.54) is 37.0 Å². The van der Waals surface area contributed by atoms with Gasteiger partial charge in [-0.2, -0.15) is 0 Å². The molecule has 0 spiro atoms. The molecule has 0 aromatic heterocycles. The van der Waals surface area contributed by atoms with Gasteiger partial charge in [0.1, 0.15) is 0 Å². The van der Waals surface area contributed by atoms with Crippen LogP contribution in [-0.4, -0.2) is 8.07 Å². The number of hydrogen-bond donors (Lipinski definition) is 0. The van der Waals surface area contributed by atoms with Gasteiger partial charge >= 0.3 is 0 Å². The first-order chi connectivity index (χ1) is 8.57. The smallest absolute Gasteiger partial charge is 0.0861 e. The van der Waals surface area contributed by atoms with E-state index >= 15 is 0 Å². The lowest BCUT2D eigenvalue weighted by Crippen LogP contribution is -2.24. The van der Waals surface area contributed by atoms with Gasteiger partial charge in [-0.25, -0.2) is 0 Å². The van der Waals surface area contributed by atoms with Crippen molar-refractivity contribution < 1.29 is 0 Å². The van der Waals surface area contributed by atoms with Crippen LogP contribution in [0.2, 0.25) is 19.6 Å². The molecule has 0 atom stereocenters. The Labute approximate surface area is 117 Å². The van der Waals surface area contributed by atoms with E-state index < -0.39 is 8.07 Å². The van der Waals surface area contributed by atoms with Crippen LogP contribution in [0.25, 0.3) is 0 Å². The van der Waals surface area contributed by atoms with Crippen molar-refractivity contribution in [2.24, 2.45) is 0 Å². The Morgan fingerprint density at radius 1 is 0.944 bits per heavy atom. The summed E-state index contributed by atoms with van der Waals surface area (Å²) >= 11 is 2.04. The van der Waals surface area contributed by atoms with Crippen molar-refractivity contribution in [3.63, 3.8) is 0 Å². The fourth-order valence-electron chi connectivity index (χ4n) is 2.57. The van der Waals surface area contributed by atoms with Gasteiger partial charge < -0.3 is 0 Å². The number of hydrogen-bond acceptors (Lipinski definition) is 1. The minimum atomic E-state index is -1.21. The lowest BCUT2D eigenvalue weighted by molar-refractivity contribution is 0.599. The highest BCUT2D eigenvalue weighted by Gasteiger charge is 2.25. The second-order valence-corrected chi connectivity index (χ2v) is 12.6. The van der Waals surface area contributed by atoms with E-state index in [1.54, 1.807) is 10.1 Å². The second-order valence-electron chi connectivity index (χ2n) is 6.16. The fourth-order valence-corrected chi connectivity index (χ4v) is 6.33. The zero-order chi connectivity index (χ0) is 13.0. The number of rotatable bonds is 3. The van der Waals surface area contributed by atoms with E-state index in [1.807, 2.05) is 11.8 Å². The molecule has 98 valence electrons. The van der Waals surface area contributed by atoms with Crippen LogP contribution in [0.5, 0.6) is 0 Å². The average molecular weight is 277 g/mol. The van der Waals surface area contributed by atoms with Crippen LogP contribution >= 0.6 is 11.8 Å². The third kappa shape index (κ3) is 3.76. The Bertz CT molecular complexity index is 406. The Hall–Kier alpha value is -0.473. The summed E-state index contributed by atoms with van der Waals surface area (Å²) in [6, 6.07) is 10.9. The summed E-state index contributed by atoms with van der Waals surface area (Å²) < 4.78 is 1.74. The summed E-state index contributed by atoms with van der Waals surface area (Å²) in [6.45, 7) is 7.46. The molecule has 0 unspecified atom stereocenters. The first-order valence-electron chi connectivity index (χ1n) is 7.03. The molecule has 0 N–H and O–H groups in total. The van der Waals surface area contributed by atoms with Crippen LogP contribution in [0.15, 0.2) is 45.3 Å². The summed E-state index contributed by atoms with van der Waals surface area (Å²) in [5.74, 6) is 0. The minimum Gasteiger partial charge on any atom is -0.0992 e. The lowest BCUT2D eigenvalue weighted by atomic mass is 9.96. The van der Waals surface area contributed by atoms with Gasteiger partial charge in [0.05, 0.1) is 8.07 Å².